The highest BCUT2D eigenvalue weighted by Crippen LogP contribution is 2.44. The minimum Gasteiger partial charge on any atom is -0.399 e. The Bertz CT molecular complexity index is 3920. The first kappa shape index (κ1) is 52.8. The zero-order chi connectivity index (χ0) is 52.6. The molecule has 3 amide bonds. The van der Waals surface area contributed by atoms with Crippen LogP contribution in [0.15, 0.2) is 119 Å². The molecule has 0 radical (unpaired) electrons. The number of nitrogens with zero attached hydrogens (tertiary/aromatic N) is 2. The van der Waals surface area contributed by atoms with E-state index in [0.29, 0.717) is 60.7 Å². The van der Waals surface area contributed by atoms with E-state index in [0.717, 1.165) is 12.1 Å². The maximum Gasteiger partial charge on any atom is 0.295 e. The van der Waals surface area contributed by atoms with Crippen LogP contribution in [-0.2, 0) is 80.4 Å². The number of carbonyl (C=O) groups is 3. The highest BCUT2D eigenvalue weighted by atomic mass is 32.2. The van der Waals surface area contributed by atoms with Gasteiger partial charge in [0, 0.05) is 22.1 Å². The first-order chi connectivity index (χ1) is 31.8. The summed E-state index contributed by atoms with van der Waals surface area (Å²) in [6, 6.07) is 7.13. The molecule has 0 aliphatic rings. The third-order valence-corrected chi connectivity index (χ3v) is 15.6. The van der Waals surface area contributed by atoms with Crippen LogP contribution in [0.5, 0.6) is 0 Å². The molecule has 0 aliphatic heterocycles. The van der Waals surface area contributed by atoms with Crippen molar-refractivity contribution >= 4 is 145 Å². The van der Waals surface area contributed by atoms with Crippen LogP contribution < -0.4 is 20.9 Å². The molecule has 6 aromatic rings. The highest BCUT2D eigenvalue weighted by Gasteiger charge is 2.31. The predicted molar refractivity (Wildman–Crippen MR) is 238 cm³/mol. The van der Waals surface area contributed by atoms with Crippen molar-refractivity contribution in [3.63, 3.8) is 0 Å². The number of benzene rings is 6. The van der Waals surface area contributed by atoms with Gasteiger partial charge in [-0.2, -0.15) is 58.9 Å². The summed E-state index contributed by atoms with van der Waals surface area (Å²) in [6.07, 6.45) is -0.553. The molecule has 0 fully saturated rings. The van der Waals surface area contributed by atoms with Gasteiger partial charge in [-0.3, -0.25) is 56.1 Å². The molecule has 0 spiro atoms. The second-order valence-electron chi connectivity index (χ2n) is 14.1. The fourth-order valence-corrected chi connectivity index (χ4v) is 11.3. The smallest absolute Gasteiger partial charge is 0.295 e. The Morgan fingerprint density at radius 2 is 0.786 bits per heavy atom. The van der Waals surface area contributed by atoms with Crippen molar-refractivity contribution in [1.29, 1.82) is 0 Å². The fraction of sp³-hybridized carbons (Fsp3) is 0. The molecule has 28 nitrogen and oxygen atoms in total. The molecule has 70 heavy (non-hydrogen) atoms. The van der Waals surface area contributed by atoms with Crippen molar-refractivity contribution in [3.8, 4) is 0 Å². The van der Waals surface area contributed by atoms with Crippen LogP contribution in [0.2, 0.25) is 0 Å². The van der Waals surface area contributed by atoms with Gasteiger partial charge in [-0.25, -0.2) is 0 Å². The largest absolute Gasteiger partial charge is 0.399 e. The molecular formula is C35H26N4O24S7. The zero-order valence-corrected chi connectivity index (χ0v) is 39.4. The maximum atomic E-state index is 13.8. The van der Waals surface area contributed by atoms with E-state index in [2.05, 4.69) is 5.32 Å². The van der Waals surface area contributed by atoms with Crippen molar-refractivity contribution < 1.29 is 105 Å². The van der Waals surface area contributed by atoms with Gasteiger partial charge >= 0.3 is 0 Å². The first-order valence-corrected chi connectivity index (χ1v) is 27.8. The van der Waals surface area contributed by atoms with E-state index in [-0.39, 0.29) is 40.4 Å². The van der Waals surface area contributed by atoms with Gasteiger partial charge in [0.05, 0.1) is 47.9 Å². The Labute approximate surface area is 393 Å². The maximum absolute atomic E-state index is 13.8. The average molecular weight is 1110 g/mol. The number of nitrogen functional groups attached to an aromatic ring is 1. The van der Waals surface area contributed by atoms with Gasteiger partial charge in [-0.15, -0.1) is 0 Å². The zero-order valence-electron chi connectivity index (χ0n) is 33.6. The monoisotopic (exact) mass is 1110 g/mol. The number of fused-ring (bicyclic) bond motifs is 2. The lowest BCUT2D eigenvalue weighted by atomic mass is 10.1. The summed E-state index contributed by atoms with van der Waals surface area (Å²) in [5.74, 6) is -1.48. The number of hydrogen-bond acceptors (Lipinski definition) is 18. The van der Waals surface area contributed by atoms with Gasteiger partial charge in [-0.1, -0.05) is 0 Å². The van der Waals surface area contributed by atoms with Crippen LogP contribution in [-0.4, -0.2) is 110 Å². The topological polar surface area (TPSA) is 476 Å². The summed E-state index contributed by atoms with van der Waals surface area (Å²) in [5.41, 5.74) is -0.126. The van der Waals surface area contributed by atoms with Gasteiger partial charge in [0.15, 0.2) is 0 Å². The number of anilines is 6. The third kappa shape index (κ3) is 10.8. The Hall–Kier alpha value is -6.58. The average Bonchev–Trinajstić information content (AvgIpc) is 3.20. The second kappa shape index (κ2) is 17.7. The molecule has 0 heterocycles. The van der Waals surface area contributed by atoms with Crippen molar-refractivity contribution in [2.75, 3.05) is 20.9 Å². The minimum absolute atomic E-state index is 0.149. The molecule has 0 aliphatic carbocycles. The van der Waals surface area contributed by atoms with E-state index >= 15 is 0 Å². The molecule has 0 saturated carbocycles. The summed E-state index contributed by atoms with van der Waals surface area (Å²) < 4.78 is 245. The number of amides is 3. The number of nitrogens with two attached hydrogens (primary N) is 1. The molecule has 35 heteroatoms. The van der Waals surface area contributed by atoms with Crippen LogP contribution in [0.1, 0.15) is 10.4 Å². The van der Waals surface area contributed by atoms with E-state index < -0.39 is 167 Å². The van der Waals surface area contributed by atoms with Gasteiger partial charge in [0.2, 0.25) is 12.8 Å². The van der Waals surface area contributed by atoms with Gasteiger partial charge in [0.1, 0.15) is 14.7 Å². The van der Waals surface area contributed by atoms with E-state index in [4.69, 9.17) is 5.73 Å². The molecule has 0 unspecified atom stereocenters. The molecule has 0 saturated heterocycles. The standard InChI is InChI=1S/C35H26N4O24S7/c36-19-1-2-27(30(7-19)68(55,56)57)35(42)37-20-8-21(38(15-40)28-11-23(64(43,44)45)3-17-5-25(66(49,50)51)13-31(33(17)28)69(58,59)60)10-22(9-20)39(16-41)29-12-24(65(46,47)48)4-18-6-26(67(52,53)54)14-32(34(18)29)70(61,62)63/h1-16H,36H2,(H,37,42)(H,43,44,45)(H,46,47,48)(H,49,50,51)(H,52,53,54)(H,55,56,57)(H,58,59,60)(H,61,62,63). The van der Waals surface area contributed by atoms with Crippen LogP contribution in [0, 0.1) is 0 Å². The summed E-state index contributed by atoms with van der Waals surface area (Å²) >= 11 is 0. The molecule has 6 rings (SSSR count). The molecule has 10 N–H and O–H groups in total. The van der Waals surface area contributed by atoms with Crippen LogP contribution in [0.3, 0.4) is 0 Å². The summed E-state index contributed by atoms with van der Waals surface area (Å²) in [4.78, 5) is 31.6. The van der Waals surface area contributed by atoms with Crippen LogP contribution in [0.4, 0.5) is 34.1 Å². The van der Waals surface area contributed by atoms with E-state index in [1.807, 2.05) is 0 Å². The Morgan fingerprint density at radius 1 is 0.443 bits per heavy atom. The second-order valence-corrected chi connectivity index (χ2v) is 24.0. The molecule has 0 aromatic heterocycles. The minimum atomic E-state index is -5.72. The van der Waals surface area contributed by atoms with Crippen LogP contribution >= 0.6 is 0 Å². The Morgan fingerprint density at radius 3 is 1.10 bits per heavy atom. The molecule has 0 bridgehead atoms. The van der Waals surface area contributed by atoms with Crippen molar-refractivity contribution in [2.24, 2.45) is 0 Å². The molecule has 0 atom stereocenters. The van der Waals surface area contributed by atoms with Crippen molar-refractivity contribution in [2.45, 2.75) is 34.3 Å². The molecule has 372 valence electrons. The third-order valence-electron chi connectivity index (χ3n) is 9.60. The molecular weight excluding hydrogens is 1080 g/mol. The van der Waals surface area contributed by atoms with E-state index in [1.54, 1.807) is 0 Å². The number of carbonyl (C=O) groups excluding carboxylic acids is 3. The molecule has 6 aromatic carbocycles. The van der Waals surface area contributed by atoms with Crippen molar-refractivity contribution in [1.82, 2.24) is 0 Å². The number of rotatable bonds is 15. The first-order valence-electron chi connectivity index (χ1n) is 17.8. The van der Waals surface area contributed by atoms with Crippen LogP contribution in [0.25, 0.3) is 21.5 Å². The predicted octanol–water partition coefficient (Wildman–Crippen LogP) is 2.14. The summed E-state index contributed by atoms with van der Waals surface area (Å²) in [5, 5.41) is -1.59. The normalized spacial score (nSPS) is 13.0. The lowest BCUT2D eigenvalue weighted by Gasteiger charge is -2.26. The Balaban J connectivity index is 1.80. The van der Waals surface area contributed by atoms with Crippen molar-refractivity contribution in [3.05, 3.63) is 90.5 Å². The fourth-order valence-electron chi connectivity index (χ4n) is 6.78. The lowest BCUT2D eigenvalue weighted by molar-refractivity contribution is -0.107. The Kier molecular flexibility index (Phi) is 13.3. The van der Waals surface area contributed by atoms with Gasteiger partial charge in [0.25, 0.3) is 76.7 Å². The summed E-state index contributed by atoms with van der Waals surface area (Å²) in [7, 11) is -38.5. The lowest BCUT2D eigenvalue weighted by Crippen LogP contribution is -2.21. The summed E-state index contributed by atoms with van der Waals surface area (Å²) in [6.45, 7) is 0. The SMILES string of the molecule is Nc1ccc(C(=O)Nc2cc(N(C=O)c3cc(S(=O)(=O)O)cc4cc(S(=O)(=O)O)cc(S(=O)(=O)O)c34)cc(N(C=O)c3cc(S(=O)(=O)O)cc4cc(S(=O)(=O)O)cc(S(=O)(=O)O)c34)c2)c(S(=O)(=O)O)c1. The van der Waals surface area contributed by atoms with Gasteiger partial charge in [-0.05, 0) is 95.7 Å². The van der Waals surface area contributed by atoms with Gasteiger partial charge < -0.3 is 11.1 Å². The quantitative estimate of drug-likeness (QED) is 0.0404. The number of nitrogens with one attached hydrogen (secondary N) is 1. The van der Waals surface area contributed by atoms with E-state index in [9.17, 15) is 105 Å². The number of hydrogen-bond donors (Lipinski definition) is 9. The van der Waals surface area contributed by atoms with E-state index in [1.165, 1.54) is 0 Å². The highest BCUT2D eigenvalue weighted by molar-refractivity contribution is 7.88.